The fourth-order valence-corrected chi connectivity index (χ4v) is 4.91. The Morgan fingerprint density at radius 3 is 2.64 bits per heavy atom. The molecule has 6 heteroatoms. The van der Waals surface area contributed by atoms with Crippen molar-refractivity contribution in [3.05, 3.63) is 29.8 Å². The lowest BCUT2D eigenvalue weighted by Gasteiger charge is -2.37. The Balaban J connectivity index is 1.71. The molecule has 2 aliphatic rings. The van der Waals surface area contributed by atoms with Gasteiger partial charge in [-0.2, -0.15) is 4.31 Å². The van der Waals surface area contributed by atoms with E-state index in [1.54, 1.807) is 29.6 Å². The van der Waals surface area contributed by atoms with E-state index in [4.69, 9.17) is 9.47 Å². The molecule has 5 nitrogen and oxygen atoms in total. The monoisotopic (exact) mass is 325 g/mol. The summed E-state index contributed by atoms with van der Waals surface area (Å²) in [5, 5.41) is 0. The molecule has 2 saturated heterocycles. The van der Waals surface area contributed by atoms with Crippen molar-refractivity contribution in [3.8, 4) is 0 Å². The van der Waals surface area contributed by atoms with Crippen LogP contribution in [0.15, 0.2) is 29.2 Å². The number of hydrogen-bond donors (Lipinski definition) is 0. The van der Waals surface area contributed by atoms with E-state index in [2.05, 4.69) is 0 Å². The van der Waals surface area contributed by atoms with E-state index in [0.717, 1.165) is 24.8 Å². The van der Waals surface area contributed by atoms with Crippen molar-refractivity contribution in [1.29, 1.82) is 0 Å². The quantitative estimate of drug-likeness (QED) is 0.852. The summed E-state index contributed by atoms with van der Waals surface area (Å²) >= 11 is 0. The standard InChI is InChI=1S/C16H23NO4S/c1-13-4-3-5-15(10-13)22(18,19)17-8-6-16(7-9-17)11-14(20-2)12-21-16/h3-5,10,14H,6-9,11-12H2,1-2H3/t14-/m1/s1. The molecule has 22 heavy (non-hydrogen) atoms. The van der Waals surface area contributed by atoms with E-state index >= 15 is 0 Å². The van der Waals surface area contributed by atoms with Gasteiger partial charge in [-0.25, -0.2) is 8.42 Å². The molecule has 1 aromatic rings. The third kappa shape index (κ3) is 2.93. The molecule has 0 radical (unpaired) electrons. The van der Waals surface area contributed by atoms with Gasteiger partial charge in [0.05, 0.1) is 23.2 Å². The summed E-state index contributed by atoms with van der Waals surface area (Å²) < 4.78 is 38.3. The summed E-state index contributed by atoms with van der Waals surface area (Å²) in [7, 11) is -1.70. The Bertz CT molecular complexity index is 635. The average molecular weight is 325 g/mol. The number of sulfonamides is 1. The molecule has 0 unspecified atom stereocenters. The molecular weight excluding hydrogens is 302 g/mol. The highest BCUT2D eigenvalue weighted by atomic mass is 32.2. The fourth-order valence-electron chi connectivity index (χ4n) is 3.36. The predicted octanol–water partition coefficient (Wildman–Crippen LogP) is 1.95. The van der Waals surface area contributed by atoms with Crippen molar-refractivity contribution in [2.24, 2.45) is 0 Å². The zero-order chi connectivity index (χ0) is 15.8. The second kappa shape index (κ2) is 5.92. The summed E-state index contributed by atoms with van der Waals surface area (Å²) in [6, 6.07) is 7.09. The number of piperidine rings is 1. The average Bonchev–Trinajstić information content (AvgIpc) is 2.91. The van der Waals surface area contributed by atoms with Crippen LogP contribution in [0.1, 0.15) is 24.8 Å². The molecule has 2 fully saturated rings. The first-order valence-corrected chi connectivity index (χ1v) is 9.13. The van der Waals surface area contributed by atoms with Crippen LogP contribution in [0.25, 0.3) is 0 Å². The molecule has 1 spiro atoms. The highest BCUT2D eigenvalue weighted by Gasteiger charge is 2.44. The first-order valence-electron chi connectivity index (χ1n) is 7.69. The number of hydrogen-bond acceptors (Lipinski definition) is 4. The molecule has 0 saturated carbocycles. The molecule has 0 aromatic heterocycles. The fraction of sp³-hybridized carbons (Fsp3) is 0.625. The van der Waals surface area contributed by atoms with Crippen molar-refractivity contribution in [2.45, 2.75) is 42.8 Å². The van der Waals surface area contributed by atoms with Gasteiger partial charge in [-0.05, 0) is 37.5 Å². The van der Waals surface area contributed by atoms with Crippen LogP contribution in [-0.4, -0.2) is 51.2 Å². The van der Waals surface area contributed by atoms with Crippen molar-refractivity contribution < 1.29 is 17.9 Å². The number of nitrogens with zero attached hydrogens (tertiary/aromatic N) is 1. The largest absolute Gasteiger partial charge is 0.379 e. The van der Waals surface area contributed by atoms with E-state index in [0.29, 0.717) is 24.6 Å². The van der Waals surface area contributed by atoms with Gasteiger partial charge in [0, 0.05) is 26.6 Å². The molecular formula is C16H23NO4S. The first kappa shape index (κ1) is 15.9. The SMILES string of the molecule is CO[C@H]1COC2(CCN(S(=O)(=O)c3cccc(C)c3)CC2)C1. The summed E-state index contributed by atoms with van der Waals surface area (Å²) in [6.07, 6.45) is 2.47. The van der Waals surface area contributed by atoms with Crippen LogP contribution in [0, 0.1) is 6.92 Å². The van der Waals surface area contributed by atoms with Gasteiger partial charge >= 0.3 is 0 Å². The molecule has 3 rings (SSSR count). The van der Waals surface area contributed by atoms with Crippen molar-refractivity contribution in [3.63, 3.8) is 0 Å². The normalized spacial score (nSPS) is 25.6. The number of ether oxygens (including phenoxy) is 2. The maximum Gasteiger partial charge on any atom is 0.243 e. The van der Waals surface area contributed by atoms with Crippen LogP contribution < -0.4 is 0 Å². The highest BCUT2D eigenvalue weighted by Crippen LogP contribution is 2.38. The minimum atomic E-state index is -3.40. The second-order valence-electron chi connectivity index (χ2n) is 6.28. The third-order valence-corrected chi connectivity index (χ3v) is 6.66. The number of rotatable bonds is 3. The minimum absolute atomic E-state index is 0.139. The smallest absolute Gasteiger partial charge is 0.243 e. The lowest BCUT2D eigenvalue weighted by atomic mass is 9.89. The number of methoxy groups -OCH3 is 1. The van der Waals surface area contributed by atoms with Crippen LogP contribution in [0.4, 0.5) is 0 Å². The number of aryl methyl sites for hydroxylation is 1. The lowest BCUT2D eigenvalue weighted by Crippen LogP contribution is -2.46. The first-order chi connectivity index (χ1) is 10.5. The molecule has 1 aromatic carbocycles. The molecule has 122 valence electrons. The Morgan fingerprint density at radius 1 is 1.32 bits per heavy atom. The van der Waals surface area contributed by atoms with Crippen LogP contribution in [0.2, 0.25) is 0 Å². The van der Waals surface area contributed by atoms with Gasteiger partial charge in [-0.15, -0.1) is 0 Å². The van der Waals surface area contributed by atoms with Gasteiger partial charge in [0.1, 0.15) is 0 Å². The van der Waals surface area contributed by atoms with Crippen LogP contribution >= 0.6 is 0 Å². The Morgan fingerprint density at radius 2 is 2.05 bits per heavy atom. The minimum Gasteiger partial charge on any atom is -0.379 e. The molecule has 0 amide bonds. The Labute approximate surface area is 132 Å². The summed E-state index contributed by atoms with van der Waals surface area (Å²) in [5.74, 6) is 0. The van der Waals surface area contributed by atoms with Crippen LogP contribution in [-0.2, 0) is 19.5 Å². The number of benzene rings is 1. The van der Waals surface area contributed by atoms with Gasteiger partial charge in [-0.1, -0.05) is 12.1 Å². The van der Waals surface area contributed by atoms with Crippen LogP contribution in [0.3, 0.4) is 0 Å². The highest BCUT2D eigenvalue weighted by molar-refractivity contribution is 7.89. The van der Waals surface area contributed by atoms with E-state index in [-0.39, 0.29) is 11.7 Å². The molecule has 2 heterocycles. The molecule has 1 atom stereocenters. The van der Waals surface area contributed by atoms with Crippen LogP contribution in [0.5, 0.6) is 0 Å². The Kier molecular flexibility index (Phi) is 4.29. The molecule has 0 N–H and O–H groups in total. The van der Waals surface area contributed by atoms with Gasteiger partial charge < -0.3 is 9.47 Å². The van der Waals surface area contributed by atoms with Crippen molar-refractivity contribution >= 4 is 10.0 Å². The molecule has 0 bridgehead atoms. The van der Waals surface area contributed by atoms with Gasteiger partial charge in [0.2, 0.25) is 10.0 Å². The topological polar surface area (TPSA) is 55.8 Å². The second-order valence-corrected chi connectivity index (χ2v) is 8.21. The lowest BCUT2D eigenvalue weighted by molar-refractivity contribution is -0.0328. The zero-order valence-electron chi connectivity index (χ0n) is 13.1. The van der Waals surface area contributed by atoms with E-state index in [1.807, 2.05) is 13.0 Å². The van der Waals surface area contributed by atoms with E-state index in [1.165, 1.54) is 0 Å². The summed E-state index contributed by atoms with van der Waals surface area (Å²) in [5.41, 5.74) is 0.760. The van der Waals surface area contributed by atoms with Gasteiger partial charge in [0.15, 0.2) is 0 Å². The third-order valence-electron chi connectivity index (χ3n) is 4.77. The predicted molar refractivity (Wildman–Crippen MR) is 83.3 cm³/mol. The van der Waals surface area contributed by atoms with Crippen molar-refractivity contribution in [2.75, 3.05) is 26.8 Å². The summed E-state index contributed by atoms with van der Waals surface area (Å²) in [4.78, 5) is 0.380. The van der Waals surface area contributed by atoms with Gasteiger partial charge in [-0.3, -0.25) is 0 Å². The van der Waals surface area contributed by atoms with Gasteiger partial charge in [0.25, 0.3) is 0 Å². The zero-order valence-corrected chi connectivity index (χ0v) is 13.9. The molecule has 2 aliphatic heterocycles. The van der Waals surface area contributed by atoms with E-state index < -0.39 is 10.0 Å². The van der Waals surface area contributed by atoms with Crippen molar-refractivity contribution in [1.82, 2.24) is 4.31 Å². The van der Waals surface area contributed by atoms with E-state index in [9.17, 15) is 8.42 Å². The maximum absolute atomic E-state index is 12.7. The summed E-state index contributed by atoms with van der Waals surface area (Å²) in [6.45, 7) is 3.53. The molecule has 0 aliphatic carbocycles. The Hall–Kier alpha value is -0.950. The maximum atomic E-state index is 12.7.